The molecule has 0 bridgehead atoms. The van der Waals surface area contributed by atoms with Crippen LogP contribution in [0.1, 0.15) is 18.4 Å². The smallest absolute Gasteiger partial charge is 0.311 e. The highest BCUT2D eigenvalue weighted by atomic mass is 35.5. The van der Waals surface area contributed by atoms with Gasteiger partial charge in [0.15, 0.2) is 5.75 Å². The van der Waals surface area contributed by atoms with Gasteiger partial charge >= 0.3 is 5.97 Å². The number of nitrogen functional groups attached to an aromatic ring is 1. The van der Waals surface area contributed by atoms with Crippen LogP contribution in [-0.2, 0) is 11.2 Å². The maximum absolute atomic E-state index is 11.8. The van der Waals surface area contributed by atoms with Crippen LogP contribution in [0.4, 0.5) is 5.69 Å². The standard InChI is InChI=1S/C16H14Cl3NO2/c17-11-8-7-10(13(19)9-11)3-1-6-15(21)22-14-5-2-4-12(18)16(14)20/h2,4-5,7-9H,1,3,6,20H2. The van der Waals surface area contributed by atoms with Gasteiger partial charge in [0, 0.05) is 16.5 Å². The Morgan fingerprint density at radius 3 is 2.59 bits per heavy atom. The maximum Gasteiger partial charge on any atom is 0.311 e. The molecule has 0 radical (unpaired) electrons. The quantitative estimate of drug-likeness (QED) is 0.456. The van der Waals surface area contributed by atoms with Gasteiger partial charge in [0.2, 0.25) is 0 Å². The topological polar surface area (TPSA) is 52.3 Å². The Labute approximate surface area is 143 Å². The highest BCUT2D eigenvalue weighted by Crippen LogP contribution is 2.29. The third-order valence-corrected chi connectivity index (χ3v) is 4.00. The first-order valence-electron chi connectivity index (χ1n) is 6.66. The molecule has 6 heteroatoms. The van der Waals surface area contributed by atoms with Crippen LogP contribution >= 0.6 is 34.8 Å². The Hall–Kier alpha value is -1.42. The van der Waals surface area contributed by atoms with Crippen LogP contribution < -0.4 is 10.5 Å². The molecule has 2 aromatic rings. The molecule has 0 unspecified atom stereocenters. The highest BCUT2D eigenvalue weighted by molar-refractivity contribution is 6.35. The number of hydrogen-bond donors (Lipinski definition) is 1. The van der Waals surface area contributed by atoms with Gasteiger partial charge in [0.05, 0.1) is 10.7 Å². The minimum Gasteiger partial charge on any atom is -0.424 e. The molecule has 2 N–H and O–H groups in total. The minimum absolute atomic E-state index is 0.255. The first-order chi connectivity index (χ1) is 10.5. The minimum atomic E-state index is -0.362. The van der Waals surface area contributed by atoms with Crippen molar-refractivity contribution >= 4 is 46.5 Å². The third kappa shape index (κ3) is 4.54. The molecule has 0 amide bonds. The molecule has 22 heavy (non-hydrogen) atoms. The Balaban J connectivity index is 1.87. The fourth-order valence-electron chi connectivity index (χ4n) is 1.93. The summed E-state index contributed by atoms with van der Waals surface area (Å²) in [6, 6.07) is 10.2. The van der Waals surface area contributed by atoms with E-state index in [-0.39, 0.29) is 23.8 Å². The van der Waals surface area contributed by atoms with Crippen molar-refractivity contribution in [1.29, 1.82) is 0 Å². The van der Waals surface area contributed by atoms with E-state index in [2.05, 4.69) is 0 Å². The van der Waals surface area contributed by atoms with Crippen LogP contribution in [0.25, 0.3) is 0 Å². The summed E-state index contributed by atoms with van der Waals surface area (Å²) < 4.78 is 5.21. The van der Waals surface area contributed by atoms with Gasteiger partial charge in [-0.2, -0.15) is 0 Å². The molecular weight excluding hydrogens is 345 g/mol. The second-order valence-electron chi connectivity index (χ2n) is 4.72. The number of benzene rings is 2. The monoisotopic (exact) mass is 357 g/mol. The number of carbonyl (C=O) groups excluding carboxylic acids is 1. The Bertz CT molecular complexity index is 689. The van der Waals surface area contributed by atoms with E-state index in [1.807, 2.05) is 6.07 Å². The number of halogens is 3. The number of aryl methyl sites for hydroxylation is 1. The van der Waals surface area contributed by atoms with E-state index in [0.29, 0.717) is 27.9 Å². The number of para-hydroxylation sites is 1. The lowest BCUT2D eigenvalue weighted by Gasteiger charge is -2.08. The fourth-order valence-corrected chi connectivity index (χ4v) is 2.60. The van der Waals surface area contributed by atoms with E-state index in [1.54, 1.807) is 30.3 Å². The molecule has 116 valence electrons. The van der Waals surface area contributed by atoms with Crippen LogP contribution in [0.3, 0.4) is 0 Å². The number of esters is 1. The van der Waals surface area contributed by atoms with E-state index in [0.717, 1.165) is 5.56 Å². The molecule has 0 fully saturated rings. The van der Waals surface area contributed by atoms with Gasteiger partial charge < -0.3 is 10.5 Å². The number of ether oxygens (including phenoxy) is 1. The Morgan fingerprint density at radius 1 is 1.09 bits per heavy atom. The van der Waals surface area contributed by atoms with E-state index in [1.165, 1.54) is 0 Å². The van der Waals surface area contributed by atoms with Gasteiger partial charge in [-0.3, -0.25) is 4.79 Å². The van der Waals surface area contributed by atoms with Gasteiger partial charge in [0.25, 0.3) is 0 Å². The van der Waals surface area contributed by atoms with Crippen LogP contribution in [0.2, 0.25) is 15.1 Å². The van der Waals surface area contributed by atoms with E-state index >= 15 is 0 Å². The van der Waals surface area contributed by atoms with Crippen LogP contribution in [0.15, 0.2) is 36.4 Å². The molecule has 3 nitrogen and oxygen atoms in total. The summed E-state index contributed by atoms with van der Waals surface area (Å²) in [5.74, 6) is -0.0823. The maximum atomic E-state index is 11.8. The zero-order chi connectivity index (χ0) is 16.1. The van der Waals surface area contributed by atoms with E-state index in [4.69, 9.17) is 45.3 Å². The van der Waals surface area contributed by atoms with Gasteiger partial charge in [-0.25, -0.2) is 0 Å². The molecule has 0 aliphatic heterocycles. The van der Waals surface area contributed by atoms with Crippen LogP contribution in [-0.4, -0.2) is 5.97 Å². The van der Waals surface area contributed by atoms with Crippen molar-refractivity contribution in [2.45, 2.75) is 19.3 Å². The number of carbonyl (C=O) groups is 1. The number of anilines is 1. The third-order valence-electron chi connectivity index (χ3n) is 3.08. The lowest BCUT2D eigenvalue weighted by atomic mass is 10.1. The summed E-state index contributed by atoms with van der Waals surface area (Å²) in [5.41, 5.74) is 6.95. The first kappa shape index (κ1) is 16.9. The molecular formula is C16H14Cl3NO2. The summed E-state index contributed by atoms with van der Waals surface area (Å²) in [5, 5.41) is 1.54. The van der Waals surface area contributed by atoms with Gasteiger partial charge in [0.1, 0.15) is 0 Å². The average Bonchev–Trinajstić information content (AvgIpc) is 2.46. The molecule has 0 spiro atoms. The zero-order valence-corrected chi connectivity index (χ0v) is 13.9. The van der Waals surface area contributed by atoms with E-state index < -0.39 is 0 Å². The molecule has 0 saturated heterocycles. The second kappa shape index (κ2) is 7.73. The van der Waals surface area contributed by atoms with Crippen molar-refractivity contribution in [3.05, 3.63) is 57.0 Å². The molecule has 0 saturated carbocycles. The molecule has 0 heterocycles. The average molecular weight is 359 g/mol. The lowest BCUT2D eigenvalue weighted by molar-refractivity contribution is -0.134. The molecule has 0 atom stereocenters. The molecule has 2 rings (SSSR count). The largest absolute Gasteiger partial charge is 0.424 e. The van der Waals surface area contributed by atoms with Crippen molar-refractivity contribution in [2.24, 2.45) is 0 Å². The number of nitrogens with two attached hydrogens (primary N) is 1. The van der Waals surface area contributed by atoms with Crippen LogP contribution in [0, 0.1) is 0 Å². The predicted octanol–water partition coefficient (Wildman–Crippen LogP) is 5.16. The first-order valence-corrected chi connectivity index (χ1v) is 7.79. The van der Waals surface area contributed by atoms with Crippen molar-refractivity contribution in [3.63, 3.8) is 0 Å². The Morgan fingerprint density at radius 2 is 1.86 bits per heavy atom. The van der Waals surface area contributed by atoms with Crippen molar-refractivity contribution in [2.75, 3.05) is 5.73 Å². The summed E-state index contributed by atoms with van der Waals surface area (Å²) >= 11 is 17.8. The summed E-state index contributed by atoms with van der Waals surface area (Å²) in [4.78, 5) is 11.8. The fraction of sp³-hybridized carbons (Fsp3) is 0.188. The molecule has 0 aliphatic rings. The van der Waals surface area contributed by atoms with Gasteiger partial charge in [-0.1, -0.05) is 46.9 Å². The normalized spacial score (nSPS) is 10.5. The van der Waals surface area contributed by atoms with Crippen molar-refractivity contribution in [3.8, 4) is 5.75 Å². The highest BCUT2D eigenvalue weighted by Gasteiger charge is 2.10. The van der Waals surface area contributed by atoms with Gasteiger partial charge in [-0.15, -0.1) is 0 Å². The lowest BCUT2D eigenvalue weighted by Crippen LogP contribution is -2.09. The summed E-state index contributed by atoms with van der Waals surface area (Å²) in [6.07, 6.45) is 1.53. The summed E-state index contributed by atoms with van der Waals surface area (Å²) in [7, 11) is 0. The molecule has 0 aromatic heterocycles. The number of hydrogen-bond acceptors (Lipinski definition) is 3. The predicted molar refractivity (Wildman–Crippen MR) is 90.9 cm³/mol. The Kier molecular flexibility index (Phi) is 5.95. The summed E-state index contributed by atoms with van der Waals surface area (Å²) in [6.45, 7) is 0. The van der Waals surface area contributed by atoms with Crippen molar-refractivity contribution < 1.29 is 9.53 Å². The SMILES string of the molecule is Nc1c(Cl)cccc1OC(=O)CCCc1ccc(Cl)cc1Cl. The number of rotatable bonds is 5. The molecule has 2 aromatic carbocycles. The zero-order valence-electron chi connectivity index (χ0n) is 11.6. The van der Waals surface area contributed by atoms with Gasteiger partial charge in [-0.05, 0) is 42.7 Å². The van der Waals surface area contributed by atoms with Crippen LogP contribution in [0.5, 0.6) is 5.75 Å². The van der Waals surface area contributed by atoms with E-state index in [9.17, 15) is 4.79 Å². The molecule has 0 aliphatic carbocycles. The van der Waals surface area contributed by atoms with Crippen molar-refractivity contribution in [1.82, 2.24) is 0 Å². The second-order valence-corrected chi connectivity index (χ2v) is 5.97.